The number of hydrogen-bond acceptors (Lipinski definition) is 4. The zero-order valence-corrected chi connectivity index (χ0v) is 11.4. The van der Waals surface area contributed by atoms with Gasteiger partial charge in [0.05, 0.1) is 4.92 Å². The number of nitrogens with one attached hydrogen (secondary N) is 1. The molecule has 1 aliphatic carbocycles. The number of rotatable bonds is 4. The summed E-state index contributed by atoms with van der Waals surface area (Å²) >= 11 is 0. The van der Waals surface area contributed by atoms with E-state index < -0.39 is 16.4 Å². The molecule has 6 heteroatoms. The average Bonchev–Trinajstić information content (AvgIpc) is 2.41. The van der Waals surface area contributed by atoms with Gasteiger partial charge < -0.3 is 10.4 Å². The molecule has 1 aromatic rings. The van der Waals surface area contributed by atoms with E-state index in [2.05, 4.69) is 5.32 Å². The maximum atomic E-state index is 11.6. The molecule has 2 N–H and O–H groups in total. The highest BCUT2D eigenvalue weighted by atomic mass is 16.6. The highest BCUT2D eigenvalue weighted by Gasteiger charge is 2.40. The molecule has 2 rings (SSSR count). The molecule has 1 aliphatic rings. The van der Waals surface area contributed by atoms with E-state index >= 15 is 0 Å². The molecule has 0 saturated heterocycles. The molecular formula is C14H18N2O4. The monoisotopic (exact) mass is 278 g/mol. The van der Waals surface area contributed by atoms with Gasteiger partial charge in [-0.2, -0.15) is 0 Å². The number of hydrogen-bond donors (Lipinski definition) is 2. The third-order valence-electron chi connectivity index (χ3n) is 3.99. The molecule has 0 amide bonds. The topological polar surface area (TPSA) is 92.5 Å². The number of nitro groups is 1. The van der Waals surface area contributed by atoms with Crippen molar-refractivity contribution < 1.29 is 14.8 Å². The number of carboxylic acids is 1. The molecule has 0 heterocycles. The first kappa shape index (κ1) is 14.3. The van der Waals surface area contributed by atoms with E-state index in [0.717, 1.165) is 19.3 Å². The van der Waals surface area contributed by atoms with Gasteiger partial charge in [0.1, 0.15) is 5.54 Å². The third kappa shape index (κ3) is 2.59. The van der Waals surface area contributed by atoms with Crippen LogP contribution in [-0.2, 0) is 4.79 Å². The largest absolute Gasteiger partial charge is 0.480 e. The highest BCUT2D eigenvalue weighted by molar-refractivity contribution is 5.83. The van der Waals surface area contributed by atoms with Gasteiger partial charge in [-0.15, -0.1) is 0 Å². The molecule has 0 unspecified atom stereocenters. The molecule has 0 bridgehead atoms. The van der Waals surface area contributed by atoms with Crippen LogP contribution >= 0.6 is 0 Å². The SMILES string of the molecule is Cc1c(NC2(C(=O)O)CCCCC2)cccc1[N+](=O)[O-]. The Morgan fingerprint density at radius 2 is 2.00 bits per heavy atom. The first-order valence-corrected chi connectivity index (χ1v) is 6.72. The zero-order chi connectivity index (χ0) is 14.8. The maximum Gasteiger partial charge on any atom is 0.329 e. The number of nitrogens with zero attached hydrogens (tertiary/aromatic N) is 1. The van der Waals surface area contributed by atoms with Crippen molar-refractivity contribution in [1.82, 2.24) is 0 Å². The van der Waals surface area contributed by atoms with Crippen molar-refractivity contribution >= 4 is 17.3 Å². The van der Waals surface area contributed by atoms with Crippen molar-refractivity contribution in [2.75, 3.05) is 5.32 Å². The summed E-state index contributed by atoms with van der Waals surface area (Å²) in [7, 11) is 0. The number of anilines is 1. The van der Waals surface area contributed by atoms with Crippen molar-refractivity contribution in [3.05, 3.63) is 33.9 Å². The van der Waals surface area contributed by atoms with Crippen LogP contribution in [0.25, 0.3) is 0 Å². The van der Waals surface area contributed by atoms with E-state index in [9.17, 15) is 20.0 Å². The fourth-order valence-corrected chi connectivity index (χ4v) is 2.76. The lowest BCUT2D eigenvalue weighted by Gasteiger charge is -2.35. The van der Waals surface area contributed by atoms with Gasteiger partial charge in [0.25, 0.3) is 5.69 Å². The van der Waals surface area contributed by atoms with Gasteiger partial charge in [-0.3, -0.25) is 10.1 Å². The predicted molar refractivity (Wildman–Crippen MR) is 74.9 cm³/mol. The van der Waals surface area contributed by atoms with E-state index in [1.807, 2.05) is 0 Å². The summed E-state index contributed by atoms with van der Waals surface area (Å²) in [6, 6.07) is 4.70. The molecule has 0 aromatic heterocycles. The van der Waals surface area contributed by atoms with E-state index in [-0.39, 0.29) is 5.69 Å². The number of carbonyl (C=O) groups is 1. The van der Waals surface area contributed by atoms with E-state index in [1.165, 1.54) is 6.07 Å². The van der Waals surface area contributed by atoms with Crippen molar-refractivity contribution in [3.63, 3.8) is 0 Å². The Morgan fingerprint density at radius 3 is 2.55 bits per heavy atom. The summed E-state index contributed by atoms with van der Waals surface area (Å²) in [6.45, 7) is 1.64. The van der Waals surface area contributed by atoms with Gasteiger partial charge in [-0.05, 0) is 25.8 Å². The van der Waals surface area contributed by atoms with Crippen molar-refractivity contribution in [2.24, 2.45) is 0 Å². The van der Waals surface area contributed by atoms with E-state index in [1.54, 1.807) is 19.1 Å². The van der Waals surface area contributed by atoms with Gasteiger partial charge in [0, 0.05) is 17.3 Å². The average molecular weight is 278 g/mol. The molecule has 108 valence electrons. The van der Waals surface area contributed by atoms with Crippen LogP contribution in [0.1, 0.15) is 37.7 Å². The lowest BCUT2D eigenvalue weighted by atomic mass is 9.81. The Labute approximate surface area is 117 Å². The van der Waals surface area contributed by atoms with Crippen LogP contribution in [0, 0.1) is 17.0 Å². The molecule has 1 fully saturated rings. The number of carboxylic acid groups (broad SMARTS) is 1. The first-order valence-electron chi connectivity index (χ1n) is 6.72. The second-order valence-electron chi connectivity index (χ2n) is 5.28. The van der Waals surface area contributed by atoms with Gasteiger partial charge in [-0.1, -0.05) is 25.3 Å². The molecule has 1 saturated carbocycles. The summed E-state index contributed by atoms with van der Waals surface area (Å²) in [5.41, 5.74) is 0.0108. The Morgan fingerprint density at radius 1 is 1.35 bits per heavy atom. The molecule has 0 spiro atoms. The fourth-order valence-electron chi connectivity index (χ4n) is 2.76. The Bertz CT molecular complexity index is 536. The lowest BCUT2D eigenvalue weighted by molar-refractivity contribution is -0.385. The predicted octanol–water partition coefficient (Wildman–Crippen LogP) is 3.10. The van der Waals surface area contributed by atoms with Crippen LogP contribution < -0.4 is 5.32 Å². The number of benzene rings is 1. The molecule has 0 atom stereocenters. The molecule has 1 aromatic carbocycles. The quantitative estimate of drug-likeness (QED) is 0.652. The molecule has 20 heavy (non-hydrogen) atoms. The first-order chi connectivity index (χ1) is 9.46. The minimum atomic E-state index is -1.00. The molecular weight excluding hydrogens is 260 g/mol. The van der Waals surface area contributed by atoms with Crippen LogP contribution in [0.5, 0.6) is 0 Å². The summed E-state index contributed by atoms with van der Waals surface area (Å²) in [6.07, 6.45) is 3.83. The lowest BCUT2D eigenvalue weighted by Crippen LogP contribution is -2.48. The second kappa shape index (κ2) is 5.48. The Hall–Kier alpha value is -2.11. The zero-order valence-electron chi connectivity index (χ0n) is 11.4. The van der Waals surface area contributed by atoms with Crippen LogP contribution in [0.2, 0.25) is 0 Å². The van der Waals surface area contributed by atoms with Crippen molar-refractivity contribution in [2.45, 2.75) is 44.6 Å². The number of nitro benzene ring substituents is 1. The van der Waals surface area contributed by atoms with Crippen LogP contribution in [0.15, 0.2) is 18.2 Å². The van der Waals surface area contributed by atoms with Crippen LogP contribution in [0.4, 0.5) is 11.4 Å². The number of aliphatic carboxylic acids is 1. The minimum absolute atomic E-state index is 0.00588. The second-order valence-corrected chi connectivity index (χ2v) is 5.28. The maximum absolute atomic E-state index is 11.6. The molecule has 6 nitrogen and oxygen atoms in total. The normalized spacial score (nSPS) is 17.4. The summed E-state index contributed by atoms with van der Waals surface area (Å²) in [5.74, 6) is -0.886. The van der Waals surface area contributed by atoms with E-state index in [4.69, 9.17) is 0 Å². The van der Waals surface area contributed by atoms with Gasteiger partial charge >= 0.3 is 5.97 Å². The van der Waals surface area contributed by atoms with Crippen molar-refractivity contribution in [3.8, 4) is 0 Å². The van der Waals surface area contributed by atoms with Crippen LogP contribution in [0.3, 0.4) is 0 Å². The third-order valence-corrected chi connectivity index (χ3v) is 3.99. The Kier molecular flexibility index (Phi) is 3.92. The summed E-state index contributed by atoms with van der Waals surface area (Å²) in [5, 5.41) is 23.5. The minimum Gasteiger partial charge on any atom is -0.480 e. The molecule has 0 aliphatic heterocycles. The van der Waals surface area contributed by atoms with Crippen molar-refractivity contribution in [1.29, 1.82) is 0 Å². The smallest absolute Gasteiger partial charge is 0.329 e. The summed E-state index contributed by atoms with van der Waals surface area (Å²) in [4.78, 5) is 22.1. The Balaban J connectivity index is 2.34. The standard InChI is InChI=1S/C14H18N2O4/c1-10-11(6-5-7-12(10)16(19)20)15-14(13(17)18)8-3-2-4-9-14/h5-7,15H,2-4,8-9H2,1H3,(H,17,18). The highest BCUT2D eigenvalue weighted by Crippen LogP contribution is 2.34. The van der Waals surface area contributed by atoms with E-state index in [0.29, 0.717) is 24.1 Å². The fraction of sp³-hybridized carbons (Fsp3) is 0.500. The van der Waals surface area contributed by atoms with Gasteiger partial charge in [0.15, 0.2) is 0 Å². The van der Waals surface area contributed by atoms with Gasteiger partial charge in [0.2, 0.25) is 0 Å². The molecule has 0 radical (unpaired) electrons. The van der Waals surface area contributed by atoms with Crippen LogP contribution in [-0.4, -0.2) is 21.5 Å². The van der Waals surface area contributed by atoms with Gasteiger partial charge in [-0.25, -0.2) is 4.79 Å². The summed E-state index contributed by atoms with van der Waals surface area (Å²) < 4.78 is 0.